The number of aromatic nitrogens is 1. The molecule has 0 saturated heterocycles. The minimum absolute atomic E-state index is 0.0172. The van der Waals surface area contributed by atoms with Gasteiger partial charge in [-0.3, -0.25) is 4.79 Å². The Bertz CT molecular complexity index is 1570. The predicted molar refractivity (Wildman–Crippen MR) is 137 cm³/mol. The van der Waals surface area contributed by atoms with Gasteiger partial charge in [0.25, 0.3) is 5.91 Å². The largest absolute Gasteiger partial charge is 0.488 e. The lowest BCUT2D eigenvalue weighted by Crippen LogP contribution is -2.32. The number of hydrogen-bond donors (Lipinski definition) is 0. The molecular formula is C30H21F7N2O3. The summed E-state index contributed by atoms with van der Waals surface area (Å²) in [4.78, 5) is 18.1. The van der Waals surface area contributed by atoms with Crippen LogP contribution in [0.3, 0.4) is 0 Å². The Morgan fingerprint density at radius 3 is 2.21 bits per heavy atom. The van der Waals surface area contributed by atoms with Crippen LogP contribution in [0, 0.1) is 5.82 Å². The van der Waals surface area contributed by atoms with Crippen molar-refractivity contribution >= 4 is 5.91 Å². The topological polar surface area (TPSA) is 51.7 Å². The first kappa shape index (κ1) is 28.9. The number of alkyl halides is 6. The molecule has 0 bridgehead atoms. The van der Waals surface area contributed by atoms with E-state index in [0.29, 0.717) is 12.1 Å². The van der Waals surface area contributed by atoms with Gasteiger partial charge in [-0.25, -0.2) is 9.37 Å². The zero-order valence-electron chi connectivity index (χ0n) is 21.6. The van der Waals surface area contributed by atoms with E-state index < -0.39 is 53.9 Å². The van der Waals surface area contributed by atoms with Crippen molar-refractivity contribution in [2.75, 3.05) is 6.61 Å². The Morgan fingerprint density at radius 1 is 0.857 bits per heavy atom. The molecule has 0 spiro atoms. The van der Waals surface area contributed by atoms with E-state index in [9.17, 15) is 31.1 Å². The van der Waals surface area contributed by atoms with Gasteiger partial charge < -0.3 is 14.4 Å². The van der Waals surface area contributed by atoms with Crippen LogP contribution in [-0.4, -0.2) is 22.4 Å². The van der Waals surface area contributed by atoms with E-state index in [1.165, 1.54) is 24.4 Å². The molecule has 4 aromatic rings. The van der Waals surface area contributed by atoms with Gasteiger partial charge in [0.05, 0.1) is 23.2 Å². The lowest BCUT2D eigenvalue weighted by molar-refractivity contribution is -0.143. The third-order valence-corrected chi connectivity index (χ3v) is 6.55. The quantitative estimate of drug-likeness (QED) is 0.219. The number of carbonyl (C=O) groups is 1. The number of fused-ring (bicyclic) bond motifs is 1. The van der Waals surface area contributed by atoms with Crippen LogP contribution in [0.25, 0.3) is 11.1 Å². The highest BCUT2D eigenvalue weighted by Gasteiger charge is 2.37. The molecule has 0 fully saturated rings. The maximum Gasteiger partial charge on any atom is 0.416 e. The maximum atomic E-state index is 15.3. The molecule has 0 atom stereocenters. The van der Waals surface area contributed by atoms with Crippen LogP contribution in [0.5, 0.6) is 11.6 Å². The van der Waals surface area contributed by atoms with E-state index in [1.807, 2.05) is 30.3 Å². The lowest BCUT2D eigenvalue weighted by Gasteiger charge is -2.23. The summed E-state index contributed by atoms with van der Waals surface area (Å²) in [6.45, 7) is -1.40. The molecule has 2 heterocycles. The molecule has 1 aliphatic heterocycles. The normalized spacial score (nSPS) is 13.8. The Labute approximate surface area is 235 Å². The molecular weight excluding hydrogens is 569 g/mol. The van der Waals surface area contributed by atoms with E-state index in [2.05, 4.69) is 4.98 Å². The van der Waals surface area contributed by atoms with Crippen LogP contribution in [0.4, 0.5) is 30.7 Å². The third kappa shape index (κ3) is 6.32. The summed E-state index contributed by atoms with van der Waals surface area (Å²) in [6.07, 6.45) is -8.76. The second-order valence-corrected chi connectivity index (χ2v) is 9.48. The molecule has 0 unspecified atom stereocenters. The number of pyridine rings is 1. The number of benzene rings is 3. The van der Waals surface area contributed by atoms with Crippen LogP contribution in [-0.2, 0) is 36.8 Å². The van der Waals surface area contributed by atoms with Gasteiger partial charge in [-0.2, -0.15) is 26.3 Å². The zero-order chi connectivity index (χ0) is 30.1. The Morgan fingerprint density at radius 2 is 1.55 bits per heavy atom. The van der Waals surface area contributed by atoms with Crippen LogP contribution in [0.15, 0.2) is 79.0 Å². The molecule has 0 N–H and O–H groups in total. The summed E-state index contributed by atoms with van der Waals surface area (Å²) >= 11 is 0. The van der Waals surface area contributed by atoms with Gasteiger partial charge in [0, 0.05) is 23.9 Å². The zero-order valence-corrected chi connectivity index (χ0v) is 21.6. The smallest absolute Gasteiger partial charge is 0.416 e. The summed E-state index contributed by atoms with van der Waals surface area (Å²) in [6, 6.07) is 15.9. The maximum absolute atomic E-state index is 15.3. The second kappa shape index (κ2) is 11.3. The first-order valence-corrected chi connectivity index (χ1v) is 12.5. The fourth-order valence-corrected chi connectivity index (χ4v) is 4.58. The molecule has 1 aliphatic rings. The fraction of sp³-hybridized carbons (Fsp3) is 0.200. The van der Waals surface area contributed by atoms with E-state index in [4.69, 9.17) is 9.47 Å². The van der Waals surface area contributed by atoms with Crippen molar-refractivity contribution in [3.63, 3.8) is 0 Å². The van der Waals surface area contributed by atoms with Gasteiger partial charge >= 0.3 is 12.4 Å². The summed E-state index contributed by atoms with van der Waals surface area (Å²) in [7, 11) is 0. The molecule has 218 valence electrons. The molecule has 1 aromatic heterocycles. The first-order chi connectivity index (χ1) is 19.9. The number of amides is 1. The third-order valence-electron chi connectivity index (χ3n) is 6.55. The number of carbonyl (C=O) groups excluding carboxylic acids is 1. The number of ether oxygens (including phenoxy) is 2. The molecule has 0 aliphatic carbocycles. The molecule has 42 heavy (non-hydrogen) atoms. The van der Waals surface area contributed by atoms with Gasteiger partial charge in [-0.05, 0) is 47.5 Å². The standard InChI is InChI=1S/C30H21F7N2O3/c31-24-7-4-8-25(41-16-18-5-2-1-3-6-18)27(24)22-9-10-38-28-23(22)15-39(26(40)17-42-28)14-19-11-20(29(32,33)34)13-21(12-19)30(35,36)37/h1-13H,14-17H2. The van der Waals surface area contributed by atoms with Crippen molar-refractivity contribution in [3.05, 3.63) is 113 Å². The molecule has 5 nitrogen and oxygen atoms in total. The van der Waals surface area contributed by atoms with Crippen molar-refractivity contribution in [2.45, 2.75) is 32.0 Å². The molecule has 0 saturated carbocycles. The van der Waals surface area contributed by atoms with Gasteiger partial charge in [-0.15, -0.1) is 0 Å². The van der Waals surface area contributed by atoms with E-state index >= 15 is 4.39 Å². The molecule has 0 radical (unpaired) electrons. The van der Waals surface area contributed by atoms with Crippen molar-refractivity contribution in [1.82, 2.24) is 9.88 Å². The van der Waals surface area contributed by atoms with Crippen molar-refractivity contribution < 1.29 is 45.0 Å². The highest BCUT2D eigenvalue weighted by Crippen LogP contribution is 2.40. The first-order valence-electron chi connectivity index (χ1n) is 12.5. The monoisotopic (exact) mass is 590 g/mol. The summed E-state index contributed by atoms with van der Waals surface area (Å²) < 4.78 is 107. The molecule has 3 aromatic carbocycles. The van der Waals surface area contributed by atoms with Gasteiger partial charge in [-0.1, -0.05) is 36.4 Å². The highest BCUT2D eigenvalue weighted by molar-refractivity contribution is 5.81. The van der Waals surface area contributed by atoms with Gasteiger partial charge in [0.1, 0.15) is 18.2 Å². The summed E-state index contributed by atoms with van der Waals surface area (Å²) in [5, 5.41) is 0. The molecule has 1 amide bonds. The molecule has 5 rings (SSSR count). The van der Waals surface area contributed by atoms with Crippen molar-refractivity contribution in [1.29, 1.82) is 0 Å². The SMILES string of the molecule is O=C1COc2nccc(-c3c(F)cccc3OCc3ccccc3)c2CN1Cc1cc(C(F)(F)F)cc(C(F)(F)F)c1. The fourth-order valence-electron chi connectivity index (χ4n) is 4.58. The number of nitrogens with zero attached hydrogens (tertiary/aromatic N) is 2. The van der Waals surface area contributed by atoms with Crippen molar-refractivity contribution in [2.24, 2.45) is 0 Å². The highest BCUT2D eigenvalue weighted by atomic mass is 19.4. The lowest BCUT2D eigenvalue weighted by atomic mass is 9.98. The Kier molecular flexibility index (Phi) is 7.81. The van der Waals surface area contributed by atoms with Crippen LogP contribution in [0.1, 0.15) is 27.8 Å². The number of halogens is 7. The van der Waals surface area contributed by atoms with Gasteiger partial charge in [0.15, 0.2) is 6.61 Å². The van der Waals surface area contributed by atoms with E-state index in [1.54, 1.807) is 6.07 Å². The van der Waals surface area contributed by atoms with E-state index in [0.717, 1.165) is 10.5 Å². The van der Waals surface area contributed by atoms with Crippen molar-refractivity contribution in [3.8, 4) is 22.8 Å². The predicted octanol–water partition coefficient (Wildman–Crippen LogP) is 7.43. The minimum atomic E-state index is -5.05. The molecule has 12 heteroatoms. The van der Waals surface area contributed by atoms with E-state index in [-0.39, 0.29) is 47.5 Å². The van der Waals surface area contributed by atoms with Crippen LogP contribution < -0.4 is 9.47 Å². The minimum Gasteiger partial charge on any atom is -0.488 e. The number of rotatable bonds is 6. The van der Waals surface area contributed by atoms with Crippen LogP contribution in [0.2, 0.25) is 0 Å². The summed E-state index contributed by atoms with van der Waals surface area (Å²) in [5.41, 5.74) is -2.09. The second-order valence-electron chi connectivity index (χ2n) is 9.48. The Hall–Kier alpha value is -4.61. The Balaban J connectivity index is 1.52. The number of hydrogen-bond acceptors (Lipinski definition) is 4. The average Bonchev–Trinajstić information content (AvgIpc) is 3.10. The summed E-state index contributed by atoms with van der Waals surface area (Å²) in [5.74, 6) is -1.23. The van der Waals surface area contributed by atoms with Gasteiger partial charge in [0.2, 0.25) is 5.88 Å². The van der Waals surface area contributed by atoms with Crippen LogP contribution >= 0.6 is 0 Å². The average molecular weight is 590 g/mol.